The number of nitrogens with one attached hydrogen (secondary N) is 1. The van der Waals surface area contributed by atoms with Crippen molar-refractivity contribution < 1.29 is 72.6 Å². The normalized spacial score (nSPS) is 16.9. The van der Waals surface area contributed by atoms with Crippen LogP contribution >= 0.6 is 73.5 Å². The van der Waals surface area contributed by atoms with Gasteiger partial charge < -0.3 is 90.0 Å². The quantitative estimate of drug-likeness (QED) is 0.00598. The number of nitro groups is 2. The van der Waals surface area contributed by atoms with Crippen LogP contribution in [0.3, 0.4) is 0 Å². The average Bonchev–Trinajstić information content (AvgIpc) is 1.09. The fourth-order valence-electron chi connectivity index (χ4n) is 13.5. The molecule has 0 bridgehead atoms. The minimum absolute atomic E-state index is 0. The number of aliphatic hydroxyl groups is 3. The number of methoxy groups -OCH3 is 4. The summed E-state index contributed by atoms with van der Waals surface area (Å²) >= 11 is 7.70. The summed E-state index contributed by atoms with van der Waals surface area (Å²) < 4.78 is 53.0. The number of alkyl halides is 3. The van der Waals surface area contributed by atoms with Gasteiger partial charge in [0.2, 0.25) is 5.75 Å². The van der Waals surface area contributed by atoms with Crippen LogP contribution in [0.1, 0.15) is 126 Å². The number of carboxylic acids is 1. The van der Waals surface area contributed by atoms with E-state index in [9.17, 15) is 34.2 Å². The molecule has 5 atom stereocenters. The van der Waals surface area contributed by atoms with Gasteiger partial charge in [0, 0.05) is 120 Å². The first-order valence-corrected chi connectivity index (χ1v) is 45.1. The van der Waals surface area contributed by atoms with E-state index in [1.54, 1.807) is 49.1 Å². The van der Waals surface area contributed by atoms with Gasteiger partial charge in [0.15, 0.2) is 5.75 Å². The lowest BCUT2D eigenvalue weighted by Crippen LogP contribution is -2.23. The highest BCUT2D eigenvalue weighted by atomic mass is 127. The van der Waals surface area contributed by atoms with Gasteiger partial charge in [0.25, 0.3) is 5.56 Å². The standard InChI is InChI=1S/C25H31N3O3.C15H22N2O4.C15H24N2O2.C8H9NO2.C8H17NO.C7H6FNO3.C5H11N.C3H7BrO.CH2I2.CH4O.ClH/c1-17-6-8-22-21(14-17)25(29)28(19(3)26-22)23-9-7-20(15-24(23)30-4)31-13-5-11-27-12-10-18(2)16-27;1-12-6-8-16(11-12)7-3-9-21-13-4-5-14(17(18)19)15(10-13)20-2;1-12-6-8-17(11-12)7-3-9-19-13-4-5-14(16)15(10-13)18-2;1-5-2-3-7(9)6(4-5)8(10)11;1-8-3-5-9(7-8)4-2-6-10;1-12-7-4-5(8)2-3-6(7)9(10)11;1-5-2-3-6-4-5;4-2-1-3-5;2-1-3;1-2;/h6-9,14-15,18H,5,10-13,16H2,1-4H3;4-5,10,12H,3,6-9,11H2,1-2H3;4-5,10,12H,3,6-9,11,16H2,1-2H3;2-4H,9H2,1H3,(H,10,11);8,10H,2-7H2,1H3;2-4H,1H3;5-6H,2-4H2,1H3;5H,1-3H2;1H2;2H,1H3;1H. The minimum Gasteiger partial charge on any atom is -0.494 e. The van der Waals surface area contributed by atoms with E-state index in [1.807, 2.05) is 75.4 Å². The second-order valence-electron chi connectivity index (χ2n) is 30.0. The Kier molecular flexibility index (Phi) is 57.0. The van der Waals surface area contributed by atoms with Crippen molar-refractivity contribution in [3.63, 3.8) is 0 Å². The molecule has 6 aromatic carbocycles. The number of benzene rings is 6. The Labute approximate surface area is 757 Å². The first-order valence-electron chi connectivity index (χ1n) is 40.9. The van der Waals surface area contributed by atoms with Crippen molar-refractivity contribution in [3.05, 3.63) is 168 Å². The number of anilines is 2. The fourth-order valence-corrected chi connectivity index (χ4v) is 13.7. The Morgan fingerprint density at radius 2 is 0.967 bits per heavy atom. The molecule has 7 aromatic rings. The van der Waals surface area contributed by atoms with Crippen LogP contribution in [0, 0.1) is 76.4 Å². The number of ether oxygens (including phenoxy) is 7. The molecule has 1 aromatic heterocycles. The van der Waals surface area contributed by atoms with Gasteiger partial charge >= 0.3 is 17.3 Å². The number of nitrogens with two attached hydrogens (primary N) is 2. The number of halogens is 5. The van der Waals surface area contributed by atoms with Crippen molar-refractivity contribution in [1.29, 1.82) is 0 Å². The second-order valence-corrected chi connectivity index (χ2v) is 35.3. The molecular formula is C88H134BrClFI2N11O17. The Morgan fingerprint density at radius 3 is 1.35 bits per heavy atom. The molecule has 121 heavy (non-hydrogen) atoms. The summed E-state index contributed by atoms with van der Waals surface area (Å²) in [6, 6.07) is 29.5. The topological polar surface area (TPSA) is 361 Å². The number of nitrogens with zero attached hydrogens (tertiary/aromatic N) is 8. The molecule has 0 amide bonds. The molecule has 12 rings (SSSR count). The lowest BCUT2D eigenvalue weighted by molar-refractivity contribution is -0.385. The van der Waals surface area contributed by atoms with Crippen molar-refractivity contribution in [2.24, 2.45) is 29.6 Å². The number of aliphatic hydroxyl groups excluding tert-OH is 3. The highest BCUT2D eigenvalue weighted by Gasteiger charge is 2.23. The number of aromatic nitrogens is 2. The van der Waals surface area contributed by atoms with Gasteiger partial charge in [-0.1, -0.05) is 119 Å². The predicted octanol–water partition coefficient (Wildman–Crippen LogP) is 16.2. The van der Waals surface area contributed by atoms with Gasteiger partial charge in [-0.25, -0.2) is 14.2 Å². The second kappa shape index (κ2) is 62.8. The molecule has 678 valence electrons. The Morgan fingerprint density at radius 1 is 0.562 bits per heavy atom. The smallest absolute Gasteiger partial charge is 0.337 e. The van der Waals surface area contributed by atoms with Gasteiger partial charge in [0.1, 0.15) is 40.4 Å². The third kappa shape index (κ3) is 42.3. The monoisotopic (exact) mass is 2000 g/mol. The molecule has 0 saturated carbocycles. The number of carbonyl (C=O) groups is 1. The molecule has 6 heterocycles. The van der Waals surface area contributed by atoms with Crippen LogP contribution in [0.4, 0.5) is 27.1 Å². The van der Waals surface area contributed by atoms with Crippen LogP contribution in [-0.2, 0) is 0 Å². The molecule has 5 saturated heterocycles. The lowest BCUT2D eigenvalue weighted by atomic mass is 10.1. The zero-order chi connectivity index (χ0) is 89.1. The molecule has 9 N–H and O–H groups in total. The van der Waals surface area contributed by atoms with Crippen molar-refractivity contribution in [1.82, 2.24) is 34.5 Å². The van der Waals surface area contributed by atoms with E-state index in [-0.39, 0.29) is 46.4 Å². The van der Waals surface area contributed by atoms with Crippen molar-refractivity contribution in [3.8, 4) is 45.9 Å². The van der Waals surface area contributed by atoms with E-state index in [1.165, 1.54) is 120 Å². The number of hydrogen-bond acceptors (Lipinski definition) is 24. The summed E-state index contributed by atoms with van der Waals surface area (Å²) in [4.78, 5) is 58.3. The summed E-state index contributed by atoms with van der Waals surface area (Å²) in [6.07, 6.45) is 11.4. The number of nitrogen functional groups attached to an aromatic ring is 2. The highest BCUT2D eigenvalue weighted by Crippen LogP contribution is 2.33. The van der Waals surface area contributed by atoms with Gasteiger partial charge in [-0.3, -0.25) is 29.6 Å². The molecule has 28 nitrogen and oxygen atoms in total. The maximum atomic E-state index is 13.2. The van der Waals surface area contributed by atoms with Crippen LogP contribution in [0.15, 0.2) is 114 Å². The third-order valence-electron chi connectivity index (χ3n) is 19.8. The first kappa shape index (κ1) is 110. The number of aryl methyl sites for hydroxylation is 3. The predicted molar refractivity (Wildman–Crippen MR) is 506 cm³/mol. The van der Waals surface area contributed by atoms with Gasteiger partial charge in [-0.05, 0) is 215 Å². The number of fused-ring (bicyclic) bond motifs is 1. The fraction of sp³-hybridized carbons (Fsp3) is 0.557. The molecule has 5 aliphatic heterocycles. The molecule has 5 aliphatic rings. The molecule has 0 radical (unpaired) electrons. The van der Waals surface area contributed by atoms with Crippen molar-refractivity contribution >= 4 is 113 Å². The Balaban J connectivity index is 0.000000490. The summed E-state index contributed by atoms with van der Waals surface area (Å²) in [5, 5.41) is 58.1. The summed E-state index contributed by atoms with van der Waals surface area (Å²) in [7, 11) is 6.89. The molecule has 5 unspecified atom stereocenters. The van der Waals surface area contributed by atoms with E-state index < -0.39 is 21.6 Å². The van der Waals surface area contributed by atoms with Crippen LogP contribution < -0.4 is 55.5 Å². The molecule has 0 spiro atoms. The zero-order valence-electron chi connectivity index (χ0n) is 72.9. The summed E-state index contributed by atoms with van der Waals surface area (Å²) in [5.41, 5.74) is 15.2. The zero-order valence-corrected chi connectivity index (χ0v) is 79.7. The number of carboxylic acid groups (broad SMARTS) is 1. The van der Waals surface area contributed by atoms with Crippen molar-refractivity contribution in [2.45, 2.75) is 120 Å². The average molecular weight is 2010 g/mol. The molecule has 5 fully saturated rings. The molecular weight excluding hydrogens is 1870 g/mol. The third-order valence-corrected chi connectivity index (χ3v) is 20.4. The summed E-state index contributed by atoms with van der Waals surface area (Å²) in [5.74, 6) is 6.92. The van der Waals surface area contributed by atoms with E-state index in [2.05, 4.69) is 130 Å². The number of aromatic carboxylic acids is 1. The first-order chi connectivity index (χ1) is 57.5. The van der Waals surface area contributed by atoms with E-state index in [0.29, 0.717) is 77.5 Å². The van der Waals surface area contributed by atoms with Gasteiger partial charge in [-0.2, -0.15) is 0 Å². The van der Waals surface area contributed by atoms with Crippen LogP contribution in [-0.4, -0.2) is 233 Å². The van der Waals surface area contributed by atoms with E-state index >= 15 is 0 Å². The number of rotatable bonds is 28. The Hall–Kier alpha value is -7.23. The number of likely N-dealkylation sites (tertiary alicyclic amines) is 4. The van der Waals surface area contributed by atoms with Crippen LogP contribution in [0.2, 0.25) is 0 Å². The Bertz CT molecular complexity index is 4160. The van der Waals surface area contributed by atoms with E-state index in [0.717, 1.165) is 148 Å². The minimum atomic E-state index is -0.980. The lowest BCUT2D eigenvalue weighted by Gasteiger charge is -2.17. The molecule has 0 aliphatic carbocycles. The van der Waals surface area contributed by atoms with Gasteiger partial charge in [0.05, 0.1) is 88.4 Å². The molecule has 33 heteroatoms. The van der Waals surface area contributed by atoms with Gasteiger partial charge in [-0.15, -0.1) is 12.4 Å². The number of nitro benzene ring substituents is 2. The largest absolute Gasteiger partial charge is 0.494 e. The maximum Gasteiger partial charge on any atom is 0.337 e. The van der Waals surface area contributed by atoms with E-state index in [4.69, 9.17) is 60.3 Å². The summed E-state index contributed by atoms with van der Waals surface area (Å²) in [6.45, 7) is 36.2. The van der Waals surface area contributed by atoms with Crippen LogP contribution in [0.5, 0.6) is 40.2 Å². The van der Waals surface area contributed by atoms with Crippen molar-refractivity contribution in [2.75, 3.05) is 179 Å². The highest BCUT2D eigenvalue weighted by molar-refractivity contribution is 14.2. The maximum absolute atomic E-state index is 13.2. The SMILES string of the molecule is CC1CCN(CCCO)C1.CC1CCNC1.CO.COc1cc(F)ccc1[N+](=O)[O-].COc1cc(OCCCN2CCC(C)C2)ccc1-n1c(C)nc2ccc(C)cc2c1=O.COc1cc(OCCCN2CCC(C)C2)ccc1N.COc1cc(OCCCN2CCC(C)C2)ccc1[N+](=O)[O-].Cc1ccc(N)c(C(=O)O)c1.Cl.ICI.OCCCBr. The van der Waals surface area contributed by atoms with Crippen LogP contribution in [0.25, 0.3) is 16.6 Å². The number of hydrogen-bond donors (Lipinski definition) is 7.